The lowest BCUT2D eigenvalue weighted by Crippen LogP contribution is -2.37. The third kappa shape index (κ3) is 3.82. The Morgan fingerprint density at radius 2 is 2.04 bits per heavy atom. The minimum Gasteiger partial charge on any atom is -0.454 e. The van der Waals surface area contributed by atoms with Crippen molar-refractivity contribution >= 4 is 34.4 Å². The lowest BCUT2D eigenvalue weighted by Gasteiger charge is -2.08. The van der Waals surface area contributed by atoms with Gasteiger partial charge in [-0.25, -0.2) is 9.78 Å². The predicted octanol–water partition coefficient (Wildman–Crippen LogP) is -0.645. The van der Waals surface area contributed by atoms with Crippen LogP contribution in [0.5, 0.6) is 0 Å². The lowest BCUT2D eigenvalue weighted by molar-refractivity contribution is -0.149. The number of hydrogen-bond donors (Lipinski definition) is 1. The molecule has 3 rings (SSSR count). The number of carbonyl (C=O) groups is 2. The predicted molar refractivity (Wildman–Crippen MR) is 97.3 cm³/mol. The summed E-state index contributed by atoms with van der Waals surface area (Å²) in [7, 11) is 2.83. The molecule has 10 nitrogen and oxygen atoms in total. The number of rotatable bonds is 6. The van der Waals surface area contributed by atoms with Crippen LogP contribution < -0.4 is 16.6 Å². The molecule has 3 aromatic heterocycles. The van der Waals surface area contributed by atoms with E-state index in [0.717, 1.165) is 9.44 Å². The van der Waals surface area contributed by atoms with Gasteiger partial charge in [-0.2, -0.15) is 0 Å². The van der Waals surface area contributed by atoms with Gasteiger partial charge in [0.25, 0.3) is 11.5 Å². The number of amides is 1. The van der Waals surface area contributed by atoms with Gasteiger partial charge in [-0.15, -0.1) is 11.3 Å². The fourth-order valence-corrected chi connectivity index (χ4v) is 3.14. The van der Waals surface area contributed by atoms with Crippen LogP contribution in [-0.2, 0) is 41.5 Å². The van der Waals surface area contributed by atoms with Gasteiger partial charge in [-0.1, -0.05) is 6.07 Å². The summed E-state index contributed by atoms with van der Waals surface area (Å²) in [6.45, 7) is -0.361. The highest BCUT2D eigenvalue weighted by atomic mass is 32.1. The number of imidazole rings is 1. The van der Waals surface area contributed by atoms with Crippen LogP contribution in [0.2, 0.25) is 0 Å². The summed E-state index contributed by atoms with van der Waals surface area (Å²) in [4.78, 5) is 53.0. The smallest absolute Gasteiger partial charge is 0.332 e. The van der Waals surface area contributed by atoms with E-state index in [9.17, 15) is 19.2 Å². The second-order valence-electron chi connectivity index (χ2n) is 5.77. The molecular weight excluding hydrogens is 374 g/mol. The molecule has 0 saturated heterocycles. The molecule has 0 unspecified atom stereocenters. The summed E-state index contributed by atoms with van der Waals surface area (Å²) < 4.78 is 8.39. The zero-order chi connectivity index (χ0) is 19.6. The molecule has 0 radical (unpaired) electrons. The molecule has 1 N–H and O–H groups in total. The first-order chi connectivity index (χ1) is 12.9. The van der Waals surface area contributed by atoms with Crippen molar-refractivity contribution in [1.82, 2.24) is 24.0 Å². The van der Waals surface area contributed by atoms with E-state index in [1.54, 1.807) is 0 Å². The van der Waals surface area contributed by atoms with E-state index in [0.29, 0.717) is 6.54 Å². The highest BCUT2D eigenvalue weighted by molar-refractivity contribution is 7.09. The van der Waals surface area contributed by atoms with Crippen molar-refractivity contribution in [2.24, 2.45) is 14.1 Å². The van der Waals surface area contributed by atoms with Gasteiger partial charge in [0.05, 0.1) is 12.9 Å². The first-order valence-corrected chi connectivity index (χ1v) is 8.82. The van der Waals surface area contributed by atoms with E-state index in [1.807, 2.05) is 17.5 Å². The average Bonchev–Trinajstić information content (AvgIpc) is 3.31. The summed E-state index contributed by atoms with van der Waals surface area (Å²) in [6.07, 6.45) is 1.28. The molecule has 0 saturated carbocycles. The average molecular weight is 391 g/mol. The Morgan fingerprint density at radius 3 is 2.74 bits per heavy atom. The first-order valence-electron chi connectivity index (χ1n) is 7.94. The molecule has 0 atom stereocenters. The number of aromatic nitrogens is 4. The van der Waals surface area contributed by atoms with Gasteiger partial charge in [-0.3, -0.25) is 23.5 Å². The van der Waals surface area contributed by atoms with Crippen molar-refractivity contribution in [3.63, 3.8) is 0 Å². The number of nitrogens with zero attached hydrogens (tertiary/aromatic N) is 4. The molecular formula is C16H17N5O5S. The number of thiophene rings is 1. The molecule has 11 heteroatoms. The van der Waals surface area contributed by atoms with Crippen LogP contribution in [0.25, 0.3) is 11.2 Å². The minimum absolute atomic E-state index is 0.110. The van der Waals surface area contributed by atoms with E-state index in [4.69, 9.17) is 4.74 Å². The quantitative estimate of drug-likeness (QED) is 0.559. The Hall–Kier alpha value is -3.21. The Labute approximate surface area is 156 Å². The van der Waals surface area contributed by atoms with Crippen molar-refractivity contribution in [1.29, 1.82) is 0 Å². The molecule has 1 amide bonds. The van der Waals surface area contributed by atoms with Crippen molar-refractivity contribution < 1.29 is 14.3 Å². The number of aryl methyl sites for hydroxylation is 1. The molecule has 0 bridgehead atoms. The van der Waals surface area contributed by atoms with E-state index in [-0.39, 0.29) is 17.7 Å². The fraction of sp³-hybridized carbons (Fsp3) is 0.312. The van der Waals surface area contributed by atoms with Gasteiger partial charge in [0, 0.05) is 19.0 Å². The second kappa shape index (κ2) is 7.58. The molecule has 0 aliphatic heterocycles. The van der Waals surface area contributed by atoms with E-state index >= 15 is 0 Å². The highest BCUT2D eigenvalue weighted by Gasteiger charge is 2.17. The van der Waals surface area contributed by atoms with Crippen molar-refractivity contribution in [2.75, 3.05) is 6.61 Å². The summed E-state index contributed by atoms with van der Waals surface area (Å²) in [5.74, 6) is -1.12. The SMILES string of the molecule is Cn1c(=O)c2c(ncn2CC(=O)OCC(=O)NCc2cccs2)n(C)c1=O. The lowest BCUT2D eigenvalue weighted by atomic mass is 10.4. The van der Waals surface area contributed by atoms with Crippen LogP contribution in [0, 0.1) is 0 Å². The summed E-state index contributed by atoms with van der Waals surface area (Å²) in [6, 6.07) is 3.76. The third-order valence-corrected chi connectivity index (χ3v) is 4.80. The Morgan fingerprint density at radius 1 is 1.26 bits per heavy atom. The topological polar surface area (TPSA) is 117 Å². The number of esters is 1. The molecule has 142 valence electrons. The molecule has 27 heavy (non-hydrogen) atoms. The molecule has 0 spiro atoms. The number of hydrogen-bond acceptors (Lipinski definition) is 7. The fourth-order valence-electron chi connectivity index (χ4n) is 2.50. The summed E-state index contributed by atoms with van der Waals surface area (Å²) in [5.41, 5.74) is -0.793. The van der Waals surface area contributed by atoms with Crippen LogP contribution in [0.15, 0.2) is 33.4 Å². The third-order valence-electron chi connectivity index (χ3n) is 3.92. The van der Waals surface area contributed by atoms with Crippen LogP contribution in [0.4, 0.5) is 0 Å². The minimum atomic E-state index is -0.698. The van der Waals surface area contributed by atoms with Crippen molar-refractivity contribution in [2.45, 2.75) is 13.1 Å². The monoisotopic (exact) mass is 391 g/mol. The highest BCUT2D eigenvalue weighted by Crippen LogP contribution is 2.07. The number of carbonyl (C=O) groups excluding carboxylic acids is 2. The molecule has 0 fully saturated rings. The molecule has 3 aromatic rings. The van der Waals surface area contributed by atoms with Gasteiger partial charge in [0.1, 0.15) is 6.54 Å². The maximum Gasteiger partial charge on any atom is 0.332 e. The number of fused-ring (bicyclic) bond motifs is 1. The van der Waals surface area contributed by atoms with Gasteiger partial charge in [-0.05, 0) is 11.4 Å². The van der Waals surface area contributed by atoms with E-state index in [2.05, 4.69) is 10.3 Å². The Kier molecular flexibility index (Phi) is 5.21. The van der Waals surface area contributed by atoms with Gasteiger partial charge in [0.2, 0.25) is 0 Å². The largest absolute Gasteiger partial charge is 0.454 e. The van der Waals surface area contributed by atoms with E-state index in [1.165, 1.54) is 40.9 Å². The molecule has 0 aromatic carbocycles. The zero-order valence-corrected chi connectivity index (χ0v) is 15.5. The van der Waals surface area contributed by atoms with Gasteiger partial charge >= 0.3 is 11.7 Å². The standard InChI is InChI=1S/C16H17N5O5S/c1-19-14-13(15(24)20(2)16(19)25)21(9-18-14)7-12(23)26-8-11(22)17-6-10-4-3-5-27-10/h3-5,9H,6-8H2,1-2H3,(H,17,22). The van der Waals surface area contributed by atoms with Crippen molar-refractivity contribution in [3.05, 3.63) is 49.6 Å². The molecule has 0 aliphatic carbocycles. The maximum atomic E-state index is 12.3. The van der Waals surface area contributed by atoms with E-state index < -0.39 is 29.7 Å². The van der Waals surface area contributed by atoms with Gasteiger partial charge < -0.3 is 14.6 Å². The number of nitrogens with one attached hydrogen (secondary N) is 1. The molecule has 0 aliphatic rings. The van der Waals surface area contributed by atoms with Crippen LogP contribution in [0.1, 0.15) is 4.88 Å². The molecule has 3 heterocycles. The van der Waals surface area contributed by atoms with Crippen molar-refractivity contribution in [3.8, 4) is 0 Å². The Balaban J connectivity index is 1.64. The normalized spacial score (nSPS) is 10.9. The summed E-state index contributed by atoms with van der Waals surface area (Å²) in [5, 5.41) is 4.54. The van der Waals surface area contributed by atoms with Gasteiger partial charge in [0.15, 0.2) is 17.8 Å². The zero-order valence-electron chi connectivity index (χ0n) is 14.7. The summed E-state index contributed by atoms with van der Waals surface area (Å²) >= 11 is 1.51. The van der Waals surface area contributed by atoms with Crippen LogP contribution in [-0.4, -0.2) is 37.2 Å². The van der Waals surface area contributed by atoms with Crippen LogP contribution >= 0.6 is 11.3 Å². The second-order valence-corrected chi connectivity index (χ2v) is 6.80. The van der Waals surface area contributed by atoms with Crippen LogP contribution in [0.3, 0.4) is 0 Å². The maximum absolute atomic E-state index is 12.3. The number of ether oxygens (including phenoxy) is 1. The Bertz CT molecular complexity index is 1110. The first kappa shape index (κ1) is 18.6.